The molecule has 1 aromatic heterocycles. The lowest BCUT2D eigenvalue weighted by Gasteiger charge is -2.11. The highest BCUT2D eigenvalue weighted by atomic mass is 16.5. The van der Waals surface area contributed by atoms with Gasteiger partial charge in [-0.3, -0.25) is 4.79 Å². The van der Waals surface area contributed by atoms with Crippen molar-refractivity contribution >= 4 is 0 Å². The lowest BCUT2D eigenvalue weighted by Crippen LogP contribution is -2.24. The second kappa shape index (κ2) is 6.58. The van der Waals surface area contributed by atoms with Crippen molar-refractivity contribution in [3.63, 3.8) is 0 Å². The molecule has 0 N–H and O–H groups in total. The third-order valence-electron chi connectivity index (χ3n) is 2.49. The maximum absolute atomic E-state index is 11.5. The summed E-state index contributed by atoms with van der Waals surface area (Å²) < 4.78 is 12.4. The molecule has 0 unspecified atom stereocenters. The molecular weight excluding hydrogens is 244 g/mol. The highest BCUT2D eigenvalue weighted by Crippen LogP contribution is 2.26. The second-order valence-corrected chi connectivity index (χ2v) is 3.81. The monoisotopic (exact) mass is 260 g/mol. The van der Waals surface area contributed by atoms with Gasteiger partial charge in [0.05, 0.1) is 13.2 Å². The Balaban J connectivity index is 1.96. The summed E-state index contributed by atoms with van der Waals surface area (Å²) in [6, 6.07) is 10.6. The molecule has 1 heterocycles. The van der Waals surface area contributed by atoms with E-state index in [1.807, 2.05) is 31.2 Å². The van der Waals surface area contributed by atoms with Crippen LogP contribution >= 0.6 is 0 Å². The lowest BCUT2D eigenvalue weighted by atomic mass is 10.3. The molecule has 2 rings (SSSR count). The van der Waals surface area contributed by atoms with Crippen molar-refractivity contribution in [2.75, 3.05) is 13.2 Å². The summed E-state index contributed by atoms with van der Waals surface area (Å²) in [5.41, 5.74) is -0.135. The fraction of sp³-hybridized carbons (Fsp3) is 0.286. The third-order valence-corrected chi connectivity index (χ3v) is 2.49. The number of hydrogen-bond donors (Lipinski definition) is 0. The Bertz CT molecular complexity index is 581. The molecule has 0 fully saturated rings. The van der Waals surface area contributed by atoms with Crippen LogP contribution in [-0.2, 0) is 6.54 Å². The normalized spacial score (nSPS) is 10.2. The average molecular weight is 260 g/mol. The zero-order valence-corrected chi connectivity index (χ0v) is 10.8. The highest BCUT2D eigenvalue weighted by Gasteiger charge is 2.03. The van der Waals surface area contributed by atoms with Gasteiger partial charge in [0.2, 0.25) is 0 Å². The van der Waals surface area contributed by atoms with Crippen LogP contribution in [0.25, 0.3) is 0 Å². The average Bonchev–Trinajstić information content (AvgIpc) is 2.43. The largest absolute Gasteiger partial charge is 0.490 e. The van der Waals surface area contributed by atoms with Crippen LogP contribution < -0.4 is 15.0 Å². The Labute approximate surface area is 111 Å². The minimum absolute atomic E-state index is 0.135. The number of nitrogens with zero attached hydrogens (tertiary/aromatic N) is 2. The van der Waals surface area contributed by atoms with Crippen molar-refractivity contribution in [1.29, 1.82) is 0 Å². The number of ether oxygens (including phenoxy) is 2. The number of para-hydroxylation sites is 2. The van der Waals surface area contributed by atoms with E-state index in [-0.39, 0.29) is 5.56 Å². The predicted molar refractivity (Wildman–Crippen MR) is 71.6 cm³/mol. The summed E-state index contributed by atoms with van der Waals surface area (Å²) in [5, 5.41) is 3.96. The zero-order chi connectivity index (χ0) is 13.5. The van der Waals surface area contributed by atoms with Gasteiger partial charge in [0.15, 0.2) is 11.5 Å². The summed E-state index contributed by atoms with van der Waals surface area (Å²) >= 11 is 0. The van der Waals surface area contributed by atoms with Crippen LogP contribution in [0.15, 0.2) is 47.4 Å². The topological polar surface area (TPSA) is 53.4 Å². The van der Waals surface area contributed by atoms with E-state index in [1.54, 1.807) is 12.3 Å². The van der Waals surface area contributed by atoms with Gasteiger partial charge in [0.1, 0.15) is 6.61 Å². The van der Waals surface area contributed by atoms with Gasteiger partial charge in [-0.2, -0.15) is 5.10 Å². The molecule has 5 nitrogen and oxygen atoms in total. The summed E-state index contributed by atoms with van der Waals surface area (Å²) in [6.45, 7) is 3.27. The summed E-state index contributed by atoms with van der Waals surface area (Å²) in [4.78, 5) is 11.5. The first-order chi connectivity index (χ1) is 9.31. The molecule has 0 spiro atoms. The fourth-order valence-corrected chi connectivity index (χ4v) is 1.64. The van der Waals surface area contributed by atoms with Gasteiger partial charge in [-0.15, -0.1) is 0 Å². The minimum atomic E-state index is -0.135. The Morgan fingerprint density at radius 1 is 1.11 bits per heavy atom. The third kappa shape index (κ3) is 3.58. The molecule has 19 heavy (non-hydrogen) atoms. The number of rotatable bonds is 6. The van der Waals surface area contributed by atoms with Crippen molar-refractivity contribution in [2.45, 2.75) is 13.5 Å². The van der Waals surface area contributed by atoms with Crippen LogP contribution in [0.5, 0.6) is 11.5 Å². The van der Waals surface area contributed by atoms with Crippen LogP contribution in [-0.4, -0.2) is 23.0 Å². The smallest absolute Gasteiger partial charge is 0.266 e. The van der Waals surface area contributed by atoms with Crippen LogP contribution in [0.2, 0.25) is 0 Å². The maximum atomic E-state index is 11.5. The lowest BCUT2D eigenvalue weighted by molar-refractivity contribution is 0.260. The van der Waals surface area contributed by atoms with Crippen molar-refractivity contribution in [3.8, 4) is 11.5 Å². The number of benzene rings is 1. The van der Waals surface area contributed by atoms with Crippen LogP contribution in [0.3, 0.4) is 0 Å². The van der Waals surface area contributed by atoms with Crippen LogP contribution in [0, 0.1) is 0 Å². The summed E-state index contributed by atoms with van der Waals surface area (Å²) in [6.07, 6.45) is 1.58. The molecular formula is C14H16N2O3. The Morgan fingerprint density at radius 3 is 2.53 bits per heavy atom. The molecule has 0 bridgehead atoms. The van der Waals surface area contributed by atoms with Gasteiger partial charge in [-0.25, -0.2) is 4.68 Å². The quantitative estimate of drug-likeness (QED) is 0.793. The maximum Gasteiger partial charge on any atom is 0.266 e. The van der Waals surface area contributed by atoms with E-state index in [2.05, 4.69) is 5.10 Å². The highest BCUT2D eigenvalue weighted by molar-refractivity contribution is 5.39. The van der Waals surface area contributed by atoms with Gasteiger partial charge < -0.3 is 9.47 Å². The van der Waals surface area contributed by atoms with Crippen LogP contribution in [0.4, 0.5) is 0 Å². The first-order valence-corrected chi connectivity index (χ1v) is 6.18. The molecule has 0 saturated heterocycles. The summed E-state index contributed by atoms with van der Waals surface area (Å²) in [5.74, 6) is 1.38. The van der Waals surface area contributed by atoms with Crippen molar-refractivity contribution in [2.24, 2.45) is 0 Å². The van der Waals surface area contributed by atoms with E-state index >= 15 is 0 Å². The Hall–Kier alpha value is -2.30. The molecule has 5 heteroatoms. The van der Waals surface area contributed by atoms with Gasteiger partial charge in [-0.1, -0.05) is 12.1 Å². The fourth-order valence-electron chi connectivity index (χ4n) is 1.64. The molecule has 0 radical (unpaired) electrons. The van der Waals surface area contributed by atoms with Crippen molar-refractivity contribution in [1.82, 2.24) is 9.78 Å². The minimum Gasteiger partial charge on any atom is -0.490 e. The number of hydrogen-bond acceptors (Lipinski definition) is 4. The molecule has 1 aromatic carbocycles. The standard InChI is InChI=1S/C14H16N2O3/c1-2-18-12-6-3-4-7-13(12)19-11-10-16-14(17)8-5-9-15-16/h3-9H,2,10-11H2,1H3. The molecule has 100 valence electrons. The van der Waals surface area contributed by atoms with Crippen LogP contribution in [0.1, 0.15) is 6.92 Å². The molecule has 0 amide bonds. The molecule has 0 saturated carbocycles. The second-order valence-electron chi connectivity index (χ2n) is 3.81. The van der Waals surface area contributed by atoms with E-state index in [0.29, 0.717) is 31.3 Å². The van der Waals surface area contributed by atoms with Gasteiger partial charge in [0.25, 0.3) is 5.56 Å². The molecule has 2 aromatic rings. The molecule has 0 aliphatic rings. The van der Waals surface area contributed by atoms with Gasteiger partial charge in [-0.05, 0) is 25.1 Å². The molecule has 0 atom stereocenters. The SMILES string of the molecule is CCOc1ccccc1OCCn1ncccc1=O. The van der Waals surface area contributed by atoms with Gasteiger partial charge in [0, 0.05) is 12.3 Å². The van der Waals surface area contributed by atoms with E-state index in [0.717, 1.165) is 0 Å². The van der Waals surface area contributed by atoms with E-state index in [1.165, 1.54) is 10.7 Å². The first-order valence-electron chi connectivity index (χ1n) is 6.18. The molecule has 0 aliphatic heterocycles. The summed E-state index contributed by atoms with van der Waals surface area (Å²) in [7, 11) is 0. The number of aromatic nitrogens is 2. The Kier molecular flexibility index (Phi) is 4.55. The Morgan fingerprint density at radius 2 is 1.84 bits per heavy atom. The molecule has 0 aliphatic carbocycles. The zero-order valence-electron chi connectivity index (χ0n) is 10.8. The van der Waals surface area contributed by atoms with E-state index < -0.39 is 0 Å². The predicted octanol–water partition coefficient (Wildman–Crippen LogP) is 1.72. The van der Waals surface area contributed by atoms with Crippen molar-refractivity contribution in [3.05, 3.63) is 52.9 Å². The van der Waals surface area contributed by atoms with E-state index in [4.69, 9.17) is 9.47 Å². The van der Waals surface area contributed by atoms with Crippen molar-refractivity contribution < 1.29 is 9.47 Å². The first kappa shape index (κ1) is 13.1. The van der Waals surface area contributed by atoms with E-state index in [9.17, 15) is 4.79 Å². The van der Waals surface area contributed by atoms with Gasteiger partial charge >= 0.3 is 0 Å².